The lowest BCUT2D eigenvalue weighted by atomic mass is 9.76. The molecule has 0 saturated carbocycles. The van der Waals surface area contributed by atoms with Crippen LogP contribution in [0.3, 0.4) is 0 Å². The second kappa shape index (κ2) is 4.73. The Hall–Kier alpha value is -0.355. The van der Waals surface area contributed by atoms with Crippen molar-refractivity contribution in [2.24, 2.45) is 0 Å². The first-order valence-electron chi connectivity index (χ1n) is 5.91. The second-order valence-electron chi connectivity index (χ2n) is 5.77. The smallest absolute Gasteiger partial charge is 0.326 e. The van der Waals surface area contributed by atoms with Gasteiger partial charge in [0.15, 0.2) is 5.79 Å². The van der Waals surface area contributed by atoms with Crippen molar-refractivity contribution in [1.82, 2.24) is 0 Å². The first kappa shape index (κ1) is 14.7. The van der Waals surface area contributed by atoms with E-state index in [1.54, 1.807) is 27.4 Å². The van der Waals surface area contributed by atoms with E-state index >= 15 is 0 Å². The maximum atomic E-state index is 9.91. The van der Waals surface area contributed by atoms with Gasteiger partial charge < -0.3 is 20.0 Å². The normalized spacial score (nSPS) is 21.0. The van der Waals surface area contributed by atoms with Gasteiger partial charge in [-0.3, -0.25) is 0 Å². The molecule has 97 valence electrons. The topological polar surface area (TPSA) is 69.9 Å². The molecule has 0 unspecified atom stereocenters. The predicted octanol–water partition coefficient (Wildman–Crippen LogP) is 0.920. The molecule has 0 aromatic rings. The Labute approximate surface area is 104 Å². The Morgan fingerprint density at radius 2 is 1.88 bits per heavy atom. The van der Waals surface area contributed by atoms with Gasteiger partial charge in [0.1, 0.15) is 0 Å². The third-order valence-corrected chi connectivity index (χ3v) is 3.48. The Balaban J connectivity index is 2.51. The minimum absolute atomic E-state index is 0.213. The van der Waals surface area contributed by atoms with Gasteiger partial charge in [0.2, 0.25) is 0 Å². The number of allylic oxidation sites excluding steroid dienone is 1. The predicted molar refractivity (Wildman–Crippen MR) is 66.3 cm³/mol. The van der Waals surface area contributed by atoms with Gasteiger partial charge >= 0.3 is 7.48 Å². The van der Waals surface area contributed by atoms with Crippen molar-refractivity contribution in [3.05, 3.63) is 11.5 Å². The van der Waals surface area contributed by atoms with Gasteiger partial charge in [-0.05, 0) is 34.1 Å². The molecule has 3 N–H and O–H groups in total. The maximum absolute atomic E-state index is 9.91. The highest BCUT2D eigenvalue weighted by molar-refractivity contribution is 6.38. The van der Waals surface area contributed by atoms with Crippen LogP contribution in [0.1, 0.15) is 47.0 Å². The molecule has 1 aliphatic carbocycles. The van der Waals surface area contributed by atoms with Crippen molar-refractivity contribution in [1.29, 1.82) is 0 Å². The van der Waals surface area contributed by atoms with Crippen molar-refractivity contribution in [3.8, 4) is 0 Å². The van der Waals surface area contributed by atoms with Crippen LogP contribution < -0.4 is 0 Å². The van der Waals surface area contributed by atoms with Gasteiger partial charge in [0, 0.05) is 12.8 Å². The average molecular weight is 241 g/mol. The van der Waals surface area contributed by atoms with Crippen molar-refractivity contribution in [2.45, 2.75) is 63.9 Å². The lowest BCUT2D eigenvalue weighted by Gasteiger charge is -2.38. The van der Waals surface area contributed by atoms with Crippen molar-refractivity contribution in [3.63, 3.8) is 0 Å². The van der Waals surface area contributed by atoms with E-state index in [9.17, 15) is 15.3 Å². The molecule has 1 rings (SSSR count). The molecule has 5 heteroatoms. The van der Waals surface area contributed by atoms with Gasteiger partial charge in [-0.1, -0.05) is 11.5 Å². The quantitative estimate of drug-likeness (QED) is 0.505. The molecule has 1 aliphatic rings. The summed E-state index contributed by atoms with van der Waals surface area (Å²) < 4.78 is 5.59. The number of rotatable bonds is 4. The standard InChI is InChI=1S/C12H22BO4/c1-10(2,14)11(3,4)17-13-9-5-7-12(15,16)8-6-9/h5,14-16H,6-8H2,1-4H3. The third-order valence-electron chi connectivity index (χ3n) is 3.48. The summed E-state index contributed by atoms with van der Waals surface area (Å²) >= 11 is 0. The Morgan fingerprint density at radius 3 is 2.29 bits per heavy atom. The van der Waals surface area contributed by atoms with Crippen molar-refractivity contribution >= 4 is 7.48 Å². The largest absolute Gasteiger partial charge is 0.427 e. The van der Waals surface area contributed by atoms with Crippen LogP contribution in [0.2, 0.25) is 0 Å². The number of hydrogen-bond donors (Lipinski definition) is 3. The van der Waals surface area contributed by atoms with Crippen LogP contribution in [0.25, 0.3) is 0 Å². The van der Waals surface area contributed by atoms with Crippen LogP contribution >= 0.6 is 0 Å². The van der Waals surface area contributed by atoms with Crippen LogP contribution in [0, 0.1) is 0 Å². The molecule has 0 atom stereocenters. The van der Waals surface area contributed by atoms with E-state index in [0.717, 1.165) is 5.47 Å². The summed E-state index contributed by atoms with van der Waals surface area (Å²) in [7, 11) is 1.60. The maximum Gasteiger partial charge on any atom is 0.326 e. The van der Waals surface area contributed by atoms with Crippen molar-refractivity contribution in [2.75, 3.05) is 0 Å². The Bertz CT molecular complexity index is 302. The summed E-state index contributed by atoms with van der Waals surface area (Å²) in [6.45, 7) is 7.02. The molecule has 0 aromatic carbocycles. The van der Waals surface area contributed by atoms with E-state index in [1.807, 2.05) is 13.8 Å². The second-order valence-corrected chi connectivity index (χ2v) is 5.77. The minimum Gasteiger partial charge on any atom is -0.427 e. The molecule has 4 nitrogen and oxygen atoms in total. The summed E-state index contributed by atoms with van der Waals surface area (Å²) in [5.41, 5.74) is -0.710. The van der Waals surface area contributed by atoms with E-state index in [-0.39, 0.29) is 6.42 Å². The summed E-state index contributed by atoms with van der Waals surface area (Å²) in [5, 5.41) is 28.6. The fraction of sp³-hybridized carbons (Fsp3) is 0.833. The van der Waals surface area contributed by atoms with Crippen LogP contribution in [-0.4, -0.2) is 39.8 Å². The molecule has 0 aromatic heterocycles. The van der Waals surface area contributed by atoms with Crippen LogP contribution in [0.4, 0.5) is 0 Å². The molecule has 0 spiro atoms. The van der Waals surface area contributed by atoms with E-state index < -0.39 is 17.0 Å². The molecule has 0 aliphatic heterocycles. The Morgan fingerprint density at radius 1 is 1.29 bits per heavy atom. The zero-order valence-electron chi connectivity index (χ0n) is 11.0. The highest BCUT2D eigenvalue weighted by atomic mass is 16.5. The van der Waals surface area contributed by atoms with Crippen molar-refractivity contribution < 1.29 is 20.0 Å². The van der Waals surface area contributed by atoms with E-state index in [2.05, 4.69) is 0 Å². The fourth-order valence-corrected chi connectivity index (χ4v) is 1.32. The lowest BCUT2D eigenvalue weighted by molar-refractivity contribution is -0.164. The van der Waals surface area contributed by atoms with Gasteiger partial charge in [0.25, 0.3) is 0 Å². The summed E-state index contributed by atoms with van der Waals surface area (Å²) in [6, 6.07) is 0. The molecular weight excluding hydrogens is 219 g/mol. The van der Waals surface area contributed by atoms with E-state index in [1.165, 1.54) is 0 Å². The number of aliphatic hydroxyl groups is 3. The average Bonchev–Trinajstić information content (AvgIpc) is 2.14. The lowest BCUT2D eigenvalue weighted by Crippen LogP contribution is -2.48. The molecule has 0 fully saturated rings. The summed E-state index contributed by atoms with van der Waals surface area (Å²) in [5.74, 6) is -1.58. The van der Waals surface area contributed by atoms with Crippen LogP contribution in [-0.2, 0) is 4.65 Å². The molecule has 0 bridgehead atoms. The molecule has 17 heavy (non-hydrogen) atoms. The monoisotopic (exact) mass is 241 g/mol. The van der Waals surface area contributed by atoms with Crippen LogP contribution in [0.15, 0.2) is 11.5 Å². The van der Waals surface area contributed by atoms with Gasteiger partial charge in [0.05, 0.1) is 11.2 Å². The Kier molecular flexibility index (Phi) is 4.09. The van der Waals surface area contributed by atoms with E-state index in [4.69, 9.17) is 4.65 Å². The minimum atomic E-state index is -1.58. The molecule has 0 amide bonds. The summed E-state index contributed by atoms with van der Waals surface area (Å²) in [6.07, 6.45) is 2.84. The summed E-state index contributed by atoms with van der Waals surface area (Å²) in [4.78, 5) is 0. The SMILES string of the molecule is CC(C)(O)C(C)(C)O[B]C1=CCC(O)(O)CC1. The van der Waals surface area contributed by atoms with Crippen LogP contribution in [0.5, 0.6) is 0 Å². The molecule has 0 heterocycles. The van der Waals surface area contributed by atoms with E-state index in [0.29, 0.717) is 12.8 Å². The first-order valence-corrected chi connectivity index (χ1v) is 5.91. The highest BCUT2D eigenvalue weighted by Gasteiger charge is 2.36. The fourth-order valence-electron chi connectivity index (χ4n) is 1.32. The molecular formula is C12H22BO4. The first-order chi connectivity index (χ1) is 7.54. The number of hydrogen-bond acceptors (Lipinski definition) is 4. The molecule has 0 saturated heterocycles. The zero-order chi connectivity index (χ0) is 13.3. The third kappa shape index (κ3) is 4.10. The van der Waals surface area contributed by atoms with Gasteiger partial charge in [-0.15, -0.1) is 0 Å². The van der Waals surface area contributed by atoms with Gasteiger partial charge in [-0.25, -0.2) is 0 Å². The zero-order valence-corrected chi connectivity index (χ0v) is 11.0. The van der Waals surface area contributed by atoms with Gasteiger partial charge in [-0.2, -0.15) is 0 Å². The molecule has 1 radical (unpaired) electrons. The highest BCUT2D eigenvalue weighted by Crippen LogP contribution is 2.28.